The van der Waals surface area contributed by atoms with Crippen LogP contribution in [0.2, 0.25) is 0 Å². The topological polar surface area (TPSA) is 114 Å². The maximum atomic E-state index is 11.3. The minimum absolute atomic E-state index is 0.291. The average molecular weight is 367 g/mol. The van der Waals surface area contributed by atoms with E-state index in [-0.39, 0.29) is 6.61 Å². The third-order valence-corrected chi connectivity index (χ3v) is 3.41. The molecule has 24 heavy (non-hydrogen) atoms. The lowest BCUT2D eigenvalue weighted by atomic mass is 10.0. The number of rotatable bonds is 5. The molecule has 0 amide bonds. The molecule has 1 saturated heterocycles. The van der Waals surface area contributed by atoms with Gasteiger partial charge in [-0.2, -0.15) is 0 Å². The lowest BCUT2D eigenvalue weighted by Crippen LogP contribution is -2.60. The smallest absolute Gasteiger partial charge is 0.305 e. The Hall–Kier alpha value is -1.87. The lowest BCUT2D eigenvalue weighted by Gasteiger charge is -2.42. The molecule has 2 unspecified atom stereocenters. The fourth-order valence-electron chi connectivity index (χ4n) is 2.11. The van der Waals surface area contributed by atoms with Gasteiger partial charge in [-0.05, 0) is 0 Å². The molecular formula is C14H19ClO9. The van der Waals surface area contributed by atoms with E-state index in [4.69, 9.17) is 35.3 Å². The molecule has 0 aliphatic carbocycles. The van der Waals surface area contributed by atoms with E-state index >= 15 is 0 Å². The van der Waals surface area contributed by atoms with Gasteiger partial charge in [0.15, 0.2) is 12.2 Å². The summed E-state index contributed by atoms with van der Waals surface area (Å²) >= 11 is 6.26. The average Bonchev–Trinajstić information content (AvgIpc) is 2.42. The van der Waals surface area contributed by atoms with Crippen LogP contribution in [0.4, 0.5) is 0 Å². The van der Waals surface area contributed by atoms with Gasteiger partial charge in [-0.25, -0.2) is 0 Å². The second-order valence-electron chi connectivity index (χ2n) is 5.05. The highest BCUT2D eigenvalue weighted by Crippen LogP contribution is 2.31. The first-order valence-corrected chi connectivity index (χ1v) is 7.50. The van der Waals surface area contributed by atoms with Crippen LogP contribution in [0.25, 0.3) is 0 Å². The van der Waals surface area contributed by atoms with Crippen molar-refractivity contribution in [3.63, 3.8) is 0 Å². The second-order valence-corrected chi connectivity index (χ2v) is 5.55. The molecule has 1 heterocycles. The van der Waals surface area contributed by atoms with E-state index in [9.17, 15) is 19.2 Å². The predicted molar refractivity (Wildman–Crippen MR) is 77.8 cm³/mol. The quantitative estimate of drug-likeness (QED) is 0.385. The van der Waals surface area contributed by atoms with E-state index in [1.165, 1.54) is 6.92 Å². The van der Waals surface area contributed by atoms with Gasteiger partial charge < -0.3 is 23.7 Å². The van der Waals surface area contributed by atoms with Gasteiger partial charge in [0.05, 0.1) is 0 Å². The zero-order chi connectivity index (χ0) is 18.4. The summed E-state index contributed by atoms with van der Waals surface area (Å²) in [4.78, 5) is 44.8. The van der Waals surface area contributed by atoms with E-state index in [0.717, 1.165) is 20.8 Å². The van der Waals surface area contributed by atoms with Gasteiger partial charge in [-0.1, -0.05) is 0 Å². The number of hydrogen-bond acceptors (Lipinski definition) is 9. The molecule has 1 aliphatic rings. The number of hydrogen-bond donors (Lipinski definition) is 0. The van der Waals surface area contributed by atoms with E-state index in [2.05, 4.69) is 0 Å². The van der Waals surface area contributed by atoms with Crippen molar-refractivity contribution >= 4 is 35.5 Å². The zero-order valence-electron chi connectivity index (χ0n) is 13.6. The molecule has 0 radical (unpaired) electrons. The van der Waals surface area contributed by atoms with Gasteiger partial charge in [0.25, 0.3) is 0 Å². The Balaban J connectivity index is 3.04. The molecule has 0 bridgehead atoms. The molecule has 0 spiro atoms. The summed E-state index contributed by atoms with van der Waals surface area (Å²) in [7, 11) is 0. The van der Waals surface area contributed by atoms with Crippen LogP contribution in [0, 0.1) is 0 Å². The van der Waals surface area contributed by atoms with Crippen molar-refractivity contribution in [1.29, 1.82) is 0 Å². The number of esters is 4. The van der Waals surface area contributed by atoms with Crippen LogP contribution >= 0.6 is 11.6 Å². The lowest BCUT2D eigenvalue weighted by molar-refractivity contribution is -0.268. The zero-order valence-corrected chi connectivity index (χ0v) is 14.4. The minimum atomic E-state index is -1.33. The molecule has 9 nitrogen and oxygen atoms in total. The van der Waals surface area contributed by atoms with Crippen molar-refractivity contribution in [2.45, 2.75) is 57.7 Å². The summed E-state index contributed by atoms with van der Waals surface area (Å²) in [5, 5.41) is -1.09. The molecule has 10 heteroatoms. The van der Waals surface area contributed by atoms with Gasteiger partial charge in [-0.15, -0.1) is 11.6 Å². The normalized spacial score (nSPS) is 29.3. The van der Waals surface area contributed by atoms with E-state index < -0.39 is 53.9 Å². The Morgan fingerprint density at radius 1 is 0.833 bits per heavy atom. The van der Waals surface area contributed by atoms with Crippen molar-refractivity contribution in [3.8, 4) is 0 Å². The molecule has 136 valence electrons. The summed E-state index contributed by atoms with van der Waals surface area (Å²) in [5.74, 6) is -2.63. The minimum Gasteiger partial charge on any atom is -0.463 e. The number of alkyl halides is 1. The molecule has 5 atom stereocenters. The summed E-state index contributed by atoms with van der Waals surface area (Å²) in [6.07, 6.45) is -4.62. The fourth-order valence-corrected chi connectivity index (χ4v) is 2.49. The summed E-state index contributed by atoms with van der Waals surface area (Å²) in [6.45, 7) is 4.33. The van der Waals surface area contributed by atoms with Gasteiger partial charge in [0, 0.05) is 27.7 Å². The highest BCUT2D eigenvalue weighted by molar-refractivity contribution is 6.21. The second kappa shape index (κ2) is 8.84. The number of ether oxygens (including phenoxy) is 5. The first-order valence-electron chi connectivity index (χ1n) is 7.06. The predicted octanol–water partition coefficient (Wildman–Crippen LogP) is 0.308. The number of carbonyl (C=O) groups excluding carboxylic acids is 4. The summed E-state index contributed by atoms with van der Waals surface area (Å²) < 4.78 is 25.4. The first kappa shape index (κ1) is 20.2. The molecule has 0 aromatic heterocycles. The molecule has 0 saturated carbocycles. The molecule has 0 N–H and O–H groups in total. The maximum absolute atomic E-state index is 11.3. The van der Waals surface area contributed by atoms with Gasteiger partial charge in [0.2, 0.25) is 6.29 Å². The largest absolute Gasteiger partial charge is 0.463 e. The van der Waals surface area contributed by atoms with Crippen LogP contribution in [-0.2, 0) is 42.9 Å². The first-order chi connectivity index (χ1) is 11.1. The Morgan fingerprint density at radius 2 is 1.33 bits per heavy atom. The molecule has 1 rings (SSSR count). The van der Waals surface area contributed by atoms with Crippen molar-refractivity contribution in [3.05, 3.63) is 0 Å². The number of carbonyl (C=O) groups is 4. The van der Waals surface area contributed by atoms with Gasteiger partial charge >= 0.3 is 23.9 Å². The van der Waals surface area contributed by atoms with Crippen LogP contribution in [0.1, 0.15) is 27.7 Å². The van der Waals surface area contributed by atoms with Crippen LogP contribution in [0.5, 0.6) is 0 Å². The standard InChI is InChI=1S/C14H19ClO9/c1-6(16)20-5-10-12(21-7(2)17)11(15)13(22-8(3)18)14(24-10)23-9(4)19/h10-14H,5H2,1-4H3/t10?,11-,12-,13?,14-/m1/s1. The van der Waals surface area contributed by atoms with Crippen molar-refractivity contribution in [2.24, 2.45) is 0 Å². The van der Waals surface area contributed by atoms with Crippen molar-refractivity contribution in [2.75, 3.05) is 6.61 Å². The van der Waals surface area contributed by atoms with E-state index in [0.29, 0.717) is 0 Å². The molecule has 1 fully saturated rings. The Morgan fingerprint density at radius 3 is 1.79 bits per heavy atom. The maximum Gasteiger partial charge on any atom is 0.305 e. The van der Waals surface area contributed by atoms with Crippen LogP contribution in [0.15, 0.2) is 0 Å². The van der Waals surface area contributed by atoms with E-state index in [1.54, 1.807) is 0 Å². The molecule has 0 aromatic rings. The number of halogens is 1. The van der Waals surface area contributed by atoms with Crippen LogP contribution < -0.4 is 0 Å². The van der Waals surface area contributed by atoms with Crippen molar-refractivity contribution < 1.29 is 42.9 Å². The Kier molecular flexibility index (Phi) is 7.43. The highest BCUT2D eigenvalue weighted by atomic mass is 35.5. The van der Waals surface area contributed by atoms with Gasteiger partial charge in [0.1, 0.15) is 18.1 Å². The van der Waals surface area contributed by atoms with Crippen LogP contribution in [-0.4, -0.2) is 60.5 Å². The highest BCUT2D eigenvalue weighted by Gasteiger charge is 2.50. The SMILES string of the molecule is CC(=O)OCC1O[C@@H](OC(C)=O)C(OC(C)=O)[C@H](Cl)[C@@H]1OC(C)=O. The third kappa shape index (κ3) is 5.97. The van der Waals surface area contributed by atoms with Gasteiger partial charge in [-0.3, -0.25) is 19.2 Å². The summed E-state index contributed by atoms with van der Waals surface area (Å²) in [6, 6.07) is 0. The summed E-state index contributed by atoms with van der Waals surface area (Å²) in [5.41, 5.74) is 0. The molecule has 0 aromatic carbocycles. The fraction of sp³-hybridized carbons (Fsp3) is 0.714. The third-order valence-electron chi connectivity index (χ3n) is 2.91. The monoisotopic (exact) mass is 366 g/mol. The van der Waals surface area contributed by atoms with Crippen LogP contribution in [0.3, 0.4) is 0 Å². The molecule has 1 aliphatic heterocycles. The Labute approximate surface area is 143 Å². The van der Waals surface area contributed by atoms with Crippen molar-refractivity contribution in [1.82, 2.24) is 0 Å². The molecular weight excluding hydrogens is 348 g/mol. The van der Waals surface area contributed by atoms with E-state index in [1.807, 2.05) is 0 Å². The Bertz CT molecular complexity index is 504.